The van der Waals surface area contributed by atoms with Crippen LogP contribution in [0.25, 0.3) is 0 Å². The van der Waals surface area contributed by atoms with E-state index < -0.39 is 11.7 Å². The summed E-state index contributed by atoms with van der Waals surface area (Å²) >= 11 is 0. The number of alkyl halides is 3. The second kappa shape index (κ2) is 4.68. The first-order chi connectivity index (χ1) is 8.47. The fourth-order valence-electron chi connectivity index (χ4n) is 1.51. The molecule has 0 saturated heterocycles. The molecule has 5 heteroatoms. The SMILES string of the molecule is Cc1ccc(Oc2cccnc2)cc1C(F)(F)F. The second-order valence-electron chi connectivity index (χ2n) is 3.77. The lowest BCUT2D eigenvalue weighted by Gasteiger charge is -2.12. The van der Waals surface area contributed by atoms with Crippen molar-refractivity contribution in [1.29, 1.82) is 0 Å². The minimum atomic E-state index is -4.38. The van der Waals surface area contributed by atoms with E-state index in [1.165, 1.54) is 25.3 Å². The van der Waals surface area contributed by atoms with Gasteiger partial charge in [-0.1, -0.05) is 6.07 Å². The normalized spacial score (nSPS) is 11.3. The Balaban J connectivity index is 2.31. The highest BCUT2D eigenvalue weighted by molar-refractivity contribution is 5.38. The second-order valence-corrected chi connectivity index (χ2v) is 3.77. The molecule has 1 aromatic carbocycles. The molecule has 1 heterocycles. The lowest BCUT2D eigenvalue weighted by Crippen LogP contribution is -2.07. The molecule has 2 aromatic rings. The zero-order chi connectivity index (χ0) is 13.2. The first-order valence-electron chi connectivity index (χ1n) is 5.22. The summed E-state index contributed by atoms with van der Waals surface area (Å²) in [6.07, 6.45) is -1.38. The molecule has 18 heavy (non-hydrogen) atoms. The minimum absolute atomic E-state index is 0.140. The van der Waals surface area contributed by atoms with Crippen LogP contribution in [0, 0.1) is 6.92 Å². The van der Waals surface area contributed by atoms with Crippen molar-refractivity contribution in [2.24, 2.45) is 0 Å². The van der Waals surface area contributed by atoms with E-state index in [2.05, 4.69) is 4.98 Å². The highest BCUT2D eigenvalue weighted by Crippen LogP contribution is 2.34. The standard InChI is InChI=1S/C13H10F3NO/c1-9-4-5-10(7-12(9)13(14,15)16)18-11-3-2-6-17-8-11/h2-8H,1H3. The van der Waals surface area contributed by atoms with Crippen molar-refractivity contribution in [3.63, 3.8) is 0 Å². The molecule has 0 aliphatic heterocycles. The molecule has 2 rings (SSSR count). The van der Waals surface area contributed by atoms with Crippen molar-refractivity contribution in [3.8, 4) is 11.5 Å². The Morgan fingerprint density at radius 3 is 2.50 bits per heavy atom. The molecule has 0 saturated carbocycles. The maximum absolute atomic E-state index is 12.7. The Morgan fingerprint density at radius 2 is 1.89 bits per heavy atom. The predicted molar refractivity (Wildman–Crippen MR) is 60.5 cm³/mol. The molecule has 0 unspecified atom stereocenters. The zero-order valence-electron chi connectivity index (χ0n) is 9.53. The fraction of sp³-hybridized carbons (Fsp3) is 0.154. The van der Waals surface area contributed by atoms with Gasteiger partial charge in [-0.3, -0.25) is 4.98 Å². The number of halogens is 3. The molecular formula is C13H10F3NO. The average Bonchev–Trinajstić information content (AvgIpc) is 2.31. The first-order valence-corrected chi connectivity index (χ1v) is 5.22. The van der Waals surface area contributed by atoms with Crippen molar-refractivity contribution in [1.82, 2.24) is 4.98 Å². The topological polar surface area (TPSA) is 22.1 Å². The summed E-state index contributed by atoms with van der Waals surface area (Å²) in [5, 5.41) is 0. The van der Waals surface area contributed by atoms with Gasteiger partial charge in [-0.25, -0.2) is 0 Å². The van der Waals surface area contributed by atoms with Gasteiger partial charge in [-0.05, 0) is 36.8 Å². The molecule has 1 aromatic heterocycles. The van der Waals surface area contributed by atoms with E-state index in [1.54, 1.807) is 18.3 Å². The maximum Gasteiger partial charge on any atom is 0.416 e. The number of benzene rings is 1. The highest BCUT2D eigenvalue weighted by Gasteiger charge is 2.32. The van der Waals surface area contributed by atoms with Crippen molar-refractivity contribution in [2.45, 2.75) is 13.1 Å². The van der Waals surface area contributed by atoms with E-state index in [0.29, 0.717) is 5.75 Å². The number of aryl methyl sites for hydroxylation is 1. The van der Waals surface area contributed by atoms with Crippen LogP contribution in [-0.4, -0.2) is 4.98 Å². The highest BCUT2D eigenvalue weighted by atomic mass is 19.4. The van der Waals surface area contributed by atoms with Crippen LogP contribution >= 0.6 is 0 Å². The first kappa shape index (κ1) is 12.4. The Labute approximate surface area is 102 Å². The fourth-order valence-corrected chi connectivity index (χ4v) is 1.51. The molecule has 0 atom stereocenters. The summed E-state index contributed by atoms with van der Waals surface area (Å²) < 4.78 is 43.4. The number of nitrogens with zero attached hydrogens (tertiary/aromatic N) is 1. The number of pyridine rings is 1. The molecule has 0 fully saturated rings. The molecule has 0 bridgehead atoms. The largest absolute Gasteiger partial charge is 0.456 e. The number of hydrogen-bond acceptors (Lipinski definition) is 2. The lowest BCUT2D eigenvalue weighted by molar-refractivity contribution is -0.138. The molecule has 0 aliphatic carbocycles. The van der Waals surface area contributed by atoms with E-state index in [4.69, 9.17) is 4.74 Å². The van der Waals surface area contributed by atoms with Crippen LogP contribution in [0.15, 0.2) is 42.7 Å². The number of aromatic nitrogens is 1. The number of hydrogen-bond donors (Lipinski definition) is 0. The molecule has 0 amide bonds. The Bertz CT molecular complexity index is 538. The van der Waals surface area contributed by atoms with Crippen molar-refractivity contribution in [3.05, 3.63) is 53.9 Å². The molecular weight excluding hydrogens is 243 g/mol. The van der Waals surface area contributed by atoms with Gasteiger partial charge in [0.2, 0.25) is 0 Å². The van der Waals surface area contributed by atoms with Crippen molar-refractivity contribution >= 4 is 0 Å². The number of ether oxygens (including phenoxy) is 1. The zero-order valence-corrected chi connectivity index (χ0v) is 9.53. The molecule has 0 spiro atoms. The monoisotopic (exact) mass is 253 g/mol. The molecule has 0 radical (unpaired) electrons. The molecule has 0 aliphatic rings. The summed E-state index contributed by atoms with van der Waals surface area (Å²) in [6.45, 7) is 1.41. The minimum Gasteiger partial charge on any atom is -0.456 e. The van der Waals surface area contributed by atoms with E-state index in [9.17, 15) is 13.2 Å². The van der Waals surface area contributed by atoms with Crippen LogP contribution in [-0.2, 0) is 6.18 Å². The third-order valence-electron chi connectivity index (χ3n) is 2.38. The van der Waals surface area contributed by atoms with E-state index in [0.717, 1.165) is 6.07 Å². The van der Waals surface area contributed by atoms with Gasteiger partial charge in [0.15, 0.2) is 0 Å². The molecule has 94 valence electrons. The van der Waals surface area contributed by atoms with Crippen LogP contribution in [0.2, 0.25) is 0 Å². The van der Waals surface area contributed by atoms with Gasteiger partial charge < -0.3 is 4.74 Å². The summed E-state index contributed by atoms with van der Waals surface area (Å²) in [5.41, 5.74) is -0.523. The van der Waals surface area contributed by atoms with E-state index >= 15 is 0 Å². The van der Waals surface area contributed by atoms with Gasteiger partial charge in [0.25, 0.3) is 0 Å². The Morgan fingerprint density at radius 1 is 1.11 bits per heavy atom. The third kappa shape index (κ3) is 2.80. The van der Waals surface area contributed by atoms with Gasteiger partial charge in [-0.15, -0.1) is 0 Å². The van der Waals surface area contributed by atoms with E-state index in [-0.39, 0.29) is 11.3 Å². The smallest absolute Gasteiger partial charge is 0.416 e. The summed E-state index contributed by atoms with van der Waals surface area (Å²) in [4.78, 5) is 3.82. The summed E-state index contributed by atoms with van der Waals surface area (Å²) in [6, 6.07) is 7.14. The summed E-state index contributed by atoms with van der Waals surface area (Å²) in [7, 11) is 0. The van der Waals surface area contributed by atoms with Crippen molar-refractivity contribution < 1.29 is 17.9 Å². The maximum atomic E-state index is 12.7. The van der Waals surface area contributed by atoms with Gasteiger partial charge in [0.1, 0.15) is 11.5 Å². The van der Waals surface area contributed by atoms with Gasteiger partial charge >= 0.3 is 6.18 Å². The van der Waals surface area contributed by atoms with Crippen LogP contribution in [0.1, 0.15) is 11.1 Å². The summed E-state index contributed by atoms with van der Waals surface area (Å²) in [5.74, 6) is 0.537. The quantitative estimate of drug-likeness (QED) is 0.800. The van der Waals surface area contributed by atoms with Crippen LogP contribution in [0.5, 0.6) is 11.5 Å². The lowest BCUT2D eigenvalue weighted by atomic mass is 10.1. The van der Waals surface area contributed by atoms with Gasteiger partial charge in [0, 0.05) is 6.20 Å². The predicted octanol–water partition coefficient (Wildman–Crippen LogP) is 4.20. The Kier molecular flexibility index (Phi) is 3.23. The average molecular weight is 253 g/mol. The van der Waals surface area contributed by atoms with Crippen LogP contribution in [0.3, 0.4) is 0 Å². The molecule has 0 N–H and O–H groups in total. The third-order valence-corrected chi connectivity index (χ3v) is 2.38. The van der Waals surface area contributed by atoms with Gasteiger partial charge in [-0.2, -0.15) is 13.2 Å². The van der Waals surface area contributed by atoms with E-state index in [1.807, 2.05) is 0 Å². The molecule has 2 nitrogen and oxygen atoms in total. The van der Waals surface area contributed by atoms with Crippen LogP contribution in [0.4, 0.5) is 13.2 Å². The number of rotatable bonds is 2. The van der Waals surface area contributed by atoms with Crippen molar-refractivity contribution in [2.75, 3.05) is 0 Å². The van der Waals surface area contributed by atoms with Crippen LogP contribution < -0.4 is 4.74 Å². The Hall–Kier alpha value is -2.04. The van der Waals surface area contributed by atoms with Gasteiger partial charge in [0.05, 0.1) is 11.8 Å².